The van der Waals surface area contributed by atoms with E-state index in [-0.39, 0.29) is 7.43 Å². The highest BCUT2D eigenvalue weighted by Gasteiger charge is 2.06. The second-order valence-corrected chi connectivity index (χ2v) is 8.31. The zero-order chi connectivity index (χ0) is 21.4. The third-order valence-electron chi connectivity index (χ3n) is 4.25. The highest BCUT2D eigenvalue weighted by atomic mass is 35.5. The van der Waals surface area contributed by atoms with Gasteiger partial charge in [-0.15, -0.1) is 0 Å². The number of hydrogen-bond donors (Lipinski definition) is 0. The van der Waals surface area contributed by atoms with Gasteiger partial charge in [-0.3, -0.25) is 0 Å². The Labute approximate surface area is 182 Å². The second kappa shape index (κ2) is 12.6. The first-order valence-corrected chi connectivity index (χ1v) is 10.3. The SMILES string of the molecule is C.CC(C)c1ccc(Cl)o1.Cc1cc(C(C)C)oc1C.Cc1ccc(C(C)C)o1. The van der Waals surface area contributed by atoms with E-state index in [4.69, 9.17) is 24.9 Å². The maximum Gasteiger partial charge on any atom is 0.193 e. The summed E-state index contributed by atoms with van der Waals surface area (Å²) in [7, 11) is 0. The lowest BCUT2D eigenvalue weighted by atomic mass is 10.1. The van der Waals surface area contributed by atoms with Crippen LogP contribution >= 0.6 is 11.6 Å². The first-order chi connectivity index (χ1) is 13.0. The van der Waals surface area contributed by atoms with Crippen molar-refractivity contribution in [2.75, 3.05) is 0 Å². The molecule has 0 fully saturated rings. The molecule has 29 heavy (non-hydrogen) atoms. The summed E-state index contributed by atoms with van der Waals surface area (Å²) in [6.45, 7) is 18.7. The van der Waals surface area contributed by atoms with Crippen molar-refractivity contribution in [1.82, 2.24) is 0 Å². The normalized spacial score (nSPS) is 10.4. The number of furan rings is 3. The Morgan fingerprint density at radius 2 is 1.14 bits per heavy atom. The lowest BCUT2D eigenvalue weighted by Crippen LogP contribution is -1.80. The maximum atomic E-state index is 5.54. The molecule has 0 radical (unpaired) electrons. The lowest BCUT2D eigenvalue weighted by molar-refractivity contribution is 0.462. The fraction of sp³-hybridized carbons (Fsp3) is 0.520. The molecule has 3 aromatic heterocycles. The molecule has 0 aliphatic rings. The van der Waals surface area contributed by atoms with Crippen LogP contribution in [0.5, 0.6) is 0 Å². The van der Waals surface area contributed by atoms with Crippen LogP contribution in [0.2, 0.25) is 5.22 Å². The number of aryl methyl sites for hydroxylation is 3. The Hall–Kier alpha value is -1.87. The fourth-order valence-electron chi connectivity index (χ4n) is 2.29. The summed E-state index contributed by atoms with van der Waals surface area (Å²) in [4.78, 5) is 0. The number of halogens is 1. The van der Waals surface area contributed by atoms with Crippen molar-refractivity contribution >= 4 is 11.6 Å². The van der Waals surface area contributed by atoms with E-state index in [1.807, 2.05) is 32.0 Å². The van der Waals surface area contributed by atoms with Gasteiger partial charge in [0.15, 0.2) is 5.22 Å². The molecule has 0 aliphatic carbocycles. The summed E-state index contributed by atoms with van der Waals surface area (Å²) in [5.41, 5.74) is 1.25. The van der Waals surface area contributed by atoms with Gasteiger partial charge in [-0.05, 0) is 68.3 Å². The Bertz CT molecular complexity index is 755. The zero-order valence-electron chi connectivity index (χ0n) is 18.7. The van der Waals surface area contributed by atoms with Gasteiger partial charge in [0.25, 0.3) is 0 Å². The van der Waals surface area contributed by atoms with Crippen LogP contribution in [0.4, 0.5) is 0 Å². The molecule has 0 N–H and O–H groups in total. The van der Waals surface area contributed by atoms with Crippen molar-refractivity contribution in [1.29, 1.82) is 0 Å². The van der Waals surface area contributed by atoms with Crippen LogP contribution in [0.25, 0.3) is 0 Å². The molecule has 0 atom stereocenters. The highest BCUT2D eigenvalue weighted by Crippen LogP contribution is 2.21. The largest absolute Gasteiger partial charge is 0.466 e. The summed E-state index contributed by atoms with van der Waals surface area (Å²) >= 11 is 5.54. The molecule has 0 amide bonds. The minimum absolute atomic E-state index is 0. The molecule has 0 aliphatic heterocycles. The molecule has 4 heteroatoms. The summed E-state index contributed by atoms with van der Waals surface area (Å²) in [6.07, 6.45) is 0. The van der Waals surface area contributed by atoms with Crippen molar-refractivity contribution in [3.05, 3.63) is 69.9 Å². The quantitative estimate of drug-likeness (QED) is 0.421. The smallest absolute Gasteiger partial charge is 0.193 e. The zero-order valence-corrected chi connectivity index (χ0v) is 19.5. The van der Waals surface area contributed by atoms with E-state index in [0.29, 0.717) is 23.0 Å². The predicted octanol–water partition coefficient (Wildman–Crippen LogP) is 9.42. The third kappa shape index (κ3) is 9.45. The summed E-state index contributed by atoms with van der Waals surface area (Å²) in [5, 5.41) is 0.471. The molecule has 0 aromatic carbocycles. The summed E-state index contributed by atoms with van der Waals surface area (Å²) in [6, 6.07) is 9.79. The topological polar surface area (TPSA) is 39.4 Å². The molecule has 0 saturated carbocycles. The van der Waals surface area contributed by atoms with Crippen molar-refractivity contribution in [2.45, 2.75) is 87.5 Å². The summed E-state index contributed by atoms with van der Waals surface area (Å²) in [5.74, 6) is 6.61. The van der Waals surface area contributed by atoms with Crippen LogP contribution in [0.3, 0.4) is 0 Å². The van der Waals surface area contributed by atoms with Gasteiger partial charge in [0.05, 0.1) is 0 Å². The van der Waals surface area contributed by atoms with Crippen molar-refractivity contribution < 1.29 is 13.3 Å². The van der Waals surface area contributed by atoms with Gasteiger partial charge in [-0.1, -0.05) is 49.0 Å². The van der Waals surface area contributed by atoms with Crippen molar-refractivity contribution in [3.63, 3.8) is 0 Å². The van der Waals surface area contributed by atoms with Gasteiger partial charge in [0, 0.05) is 17.8 Å². The van der Waals surface area contributed by atoms with Crippen LogP contribution in [0, 0.1) is 20.8 Å². The van der Waals surface area contributed by atoms with E-state index in [2.05, 4.69) is 54.5 Å². The maximum absolute atomic E-state index is 5.54. The molecule has 0 unspecified atom stereocenters. The Morgan fingerprint density at radius 3 is 1.34 bits per heavy atom. The molecule has 164 valence electrons. The molecule has 0 bridgehead atoms. The summed E-state index contributed by atoms with van der Waals surface area (Å²) < 4.78 is 15.9. The Morgan fingerprint density at radius 1 is 0.655 bits per heavy atom. The van der Waals surface area contributed by atoms with Crippen molar-refractivity contribution in [3.8, 4) is 0 Å². The van der Waals surface area contributed by atoms with E-state index in [1.165, 1.54) is 5.56 Å². The molecule has 0 spiro atoms. The van der Waals surface area contributed by atoms with Crippen LogP contribution in [-0.2, 0) is 0 Å². The lowest BCUT2D eigenvalue weighted by Gasteiger charge is -1.96. The molecule has 3 aromatic rings. The first kappa shape index (κ1) is 27.1. The first-order valence-electron chi connectivity index (χ1n) is 9.89. The average molecular weight is 423 g/mol. The second-order valence-electron chi connectivity index (χ2n) is 7.94. The average Bonchev–Trinajstić information content (AvgIpc) is 3.30. The third-order valence-corrected chi connectivity index (χ3v) is 4.45. The minimum Gasteiger partial charge on any atom is -0.466 e. The van der Waals surface area contributed by atoms with Crippen LogP contribution in [0.1, 0.15) is 101 Å². The van der Waals surface area contributed by atoms with Gasteiger partial charge in [0.1, 0.15) is 28.8 Å². The number of rotatable bonds is 3. The standard InChI is InChI=1S/C9H14O.C8H12O.C7H9ClO.CH4/c1-6(2)9-5-7(3)8(4)10-9;1-6(2)8-5-4-7(3)9-8;1-5(2)6-3-4-7(8)9-6;/h5-6H,1-4H3;4-6H,1-3H3;3-5H,1-2H3;1H4. The van der Waals surface area contributed by atoms with Gasteiger partial charge >= 0.3 is 0 Å². The van der Waals surface area contributed by atoms with Gasteiger partial charge in [0.2, 0.25) is 0 Å². The van der Waals surface area contributed by atoms with Crippen LogP contribution < -0.4 is 0 Å². The van der Waals surface area contributed by atoms with E-state index in [0.717, 1.165) is 28.8 Å². The highest BCUT2D eigenvalue weighted by molar-refractivity contribution is 6.28. The van der Waals surface area contributed by atoms with E-state index < -0.39 is 0 Å². The Kier molecular flexibility index (Phi) is 11.8. The van der Waals surface area contributed by atoms with E-state index in [9.17, 15) is 0 Å². The van der Waals surface area contributed by atoms with Gasteiger partial charge in [-0.25, -0.2) is 0 Å². The fourth-order valence-corrected chi connectivity index (χ4v) is 2.44. The van der Waals surface area contributed by atoms with E-state index >= 15 is 0 Å². The van der Waals surface area contributed by atoms with Gasteiger partial charge in [-0.2, -0.15) is 0 Å². The van der Waals surface area contributed by atoms with Crippen LogP contribution in [-0.4, -0.2) is 0 Å². The molecule has 3 rings (SSSR count). The molecular weight excluding hydrogens is 384 g/mol. The Balaban J connectivity index is 0.000000399. The molecular formula is C25H39ClO3. The molecule has 3 heterocycles. The van der Waals surface area contributed by atoms with Gasteiger partial charge < -0.3 is 13.3 Å². The monoisotopic (exact) mass is 422 g/mol. The predicted molar refractivity (Wildman–Crippen MR) is 124 cm³/mol. The van der Waals surface area contributed by atoms with E-state index in [1.54, 1.807) is 6.07 Å². The number of hydrogen-bond acceptors (Lipinski definition) is 3. The minimum atomic E-state index is 0. The van der Waals surface area contributed by atoms with Crippen LogP contribution in [0.15, 0.2) is 43.6 Å². The molecule has 0 saturated heterocycles. The van der Waals surface area contributed by atoms with Crippen molar-refractivity contribution in [2.24, 2.45) is 0 Å². The molecule has 3 nitrogen and oxygen atoms in total.